The van der Waals surface area contributed by atoms with E-state index in [-0.39, 0.29) is 16.8 Å². The molecular weight excluding hydrogens is 488 g/mol. The molecule has 3 aromatic rings. The summed E-state index contributed by atoms with van der Waals surface area (Å²) in [5.41, 5.74) is 4.25. The first-order chi connectivity index (χ1) is 17.7. The van der Waals surface area contributed by atoms with Crippen LogP contribution in [-0.2, 0) is 21.2 Å². The second-order valence-corrected chi connectivity index (χ2v) is 11.8. The topological polar surface area (TPSA) is 87.1 Å². The third-order valence-corrected chi connectivity index (χ3v) is 9.68. The average Bonchev–Trinajstić information content (AvgIpc) is 2.92. The number of methoxy groups -OCH3 is 1. The van der Waals surface area contributed by atoms with E-state index in [0.29, 0.717) is 13.0 Å². The average molecular weight is 521 g/mol. The van der Waals surface area contributed by atoms with E-state index in [4.69, 9.17) is 4.74 Å². The van der Waals surface area contributed by atoms with Gasteiger partial charge in [-0.2, -0.15) is 4.31 Å². The molecule has 0 radical (unpaired) electrons. The van der Waals surface area contributed by atoms with Crippen LogP contribution in [0, 0.1) is 5.92 Å². The van der Waals surface area contributed by atoms with Crippen LogP contribution in [0.5, 0.6) is 5.75 Å². The summed E-state index contributed by atoms with van der Waals surface area (Å²) in [6.45, 7) is 2.11. The number of ether oxygens (including phenoxy) is 1. The van der Waals surface area contributed by atoms with Crippen molar-refractivity contribution in [1.82, 2.24) is 9.21 Å². The van der Waals surface area contributed by atoms with Crippen LogP contribution >= 0.6 is 0 Å². The third kappa shape index (κ3) is 4.54. The van der Waals surface area contributed by atoms with Crippen molar-refractivity contribution in [2.75, 3.05) is 20.7 Å². The molecule has 0 unspecified atom stereocenters. The Labute approximate surface area is 218 Å². The van der Waals surface area contributed by atoms with Crippen molar-refractivity contribution in [1.29, 1.82) is 0 Å². The van der Waals surface area contributed by atoms with Crippen LogP contribution < -0.4 is 4.74 Å². The molecule has 0 saturated carbocycles. The number of carbonyl (C=O) groups is 1. The molecule has 194 valence electrons. The second-order valence-electron chi connectivity index (χ2n) is 9.84. The van der Waals surface area contributed by atoms with E-state index in [1.807, 2.05) is 29.2 Å². The lowest BCUT2D eigenvalue weighted by molar-refractivity contribution is -0.150. The summed E-state index contributed by atoms with van der Waals surface area (Å²) >= 11 is 0. The zero-order valence-corrected chi connectivity index (χ0v) is 22.1. The molecular formula is C29H32N2O5S. The minimum Gasteiger partial charge on any atom is -0.497 e. The van der Waals surface area contributed by atoms with Gasteiger partial charge in [0, 0.05) is 19.6 Å². The maximum Gasteiger partial charge on any atom is 0.243 e. The lowest BCUT2D eigenvalue weighted by atomic mass is 9.77. The molecule has 2 aliphatic rings. The Morgan fingerprint density at radius 3 is 2.35 bits per heavy atom. The Morgan fingerprint density at radius 1 is 1.03 bits per heavy atom. The maximum atomic E-state index is 13.7. The first-order valence-corrected chi connectivity index (χ1v) is 13.9. The van der Waals surface area contributed by atoms with E-state index >= 15 is 0 Å². The number of aliphatic hydroxyl groups is 1. The van der Waals surface area contributed by atoms with Gasteiger partial charge in [-0.25, -0.2) is 8.42 Å². The van der Waals surface area contributed by atoms with Crippen LogP contribution in [0.3, 0.4) is 0 Å². The number of rotatable bonds is 6. The standard InChI is InChI=1S/C29H32N2O5S/c1-19(32)28-27(30(2)37(34,35)24-7-5-4-6-8-24)18-26-25-17-22(20-11-13-23(36-3)14-12-20)10-9-21(25)15-16-31(26)29(28)33/h4-14,17,19,26-28,32H,15-16,18H2,1-3H3/t19-,26-,27-,28-/m0/s1. The Balaban J connectivity index is 1.54. The van der Waals surface area contributed by atoms with E-state index in [9.17, 15) is 18.3 Å². The molecule has 3 aromatic carbocycles. The number of fused-ring (bicyclic) bond motifs is 3. The van der Waals surface area contributed by atoms with Crippen molar-refractivity contribution in [3.63, 3.8) is 0 Å². The summed E-state index contributed by atoms with van der Waals surface area (Å²) in [7, 11) is -0.712. The van der Waals surface area contributed by atoms with Gasteiger partial charge >= 0.3 is 0 Å². The minimum absolute atomic E-state index is 0.169. The van der Waals surface area contributed by atoms with Gasteiger partial charge in [0.2, 0.25) is 15.9 Å². The number of piperidine rings is 1. The minimum atomic E-state index is -3.86. The summed E-state index contributed by atoms with van der Waals surface area (Å²) in [4.78, 5) is 15.7. The smallest absolute Gasteiger partial charge is 0.243 e. The van der Waals surface area contributed by atoms with Gasteiger partial charge in [0.1, 0.15) is 5.75 Å². The van der Waals surface area contributed by atoms with E-state index in [1.165, 1.54) is 11.4 Å². The molecule has 5 rings (SSSR count). The first-order valence-electron chi connectivity index (χ1n) is 12.5. The summed E-state index contributed by atoms with van der Waals surface area (Å²) in [5, 5.41) is 10.6. The van der Waals surface area contributed by atoms with Crippen LogP contribution in [0.4, 0.5) is 0 Å². The largest absolute Gasteiger partial charge is 0.497 e. The third-order valence-electron chi connectivity index (χ3n) is 7.78. The summed E-state index contributed by atoms with van der Waals surface area (Å²) in [6, 6.07) is 21.4. The predicted octanol–water partition coefficient (Wildman–Crippen LogP) is 3.88. The highest BCUT2D eigenvalue weighted by Gasteiger charge is 2.49. The van der Waals surface area contributed by atoms with Crippen LogP contribution in [0.15, 0.2) is 77.7 Å². The monoisotopic (exact) mass is 520 g/mol. The Hall–Kier alpha value is -3.20. The van der Waals surface area contributed by atoms with Gasteiger partial charge in [-0.3, -0.25) is 4.79 Å². The Morgan fingerprint density at radius 2 is 1.70 bits per heavy atom. The highest BCUT2D eigenvalue weighted by molar-refractivity contribution is 7.89. The van der Waals surface area contributed by atoms with E-state index in [0.717, 1.165) is 34.4 Å². The molecule has 1 amide bonds. The lowest BCUT2D eigenvalue weighted by Crippen LogP contribution is -2.59. The fourth-order valence-corrected chi connectivity index (χ4v) is 7.16. The first kappa shape index (κ1) is 25.4. The second kappa shape index (κ2) is 9.93. The summed E-state index contributed by atoms with van der Waals surface area (Å²) < 4.78 is 33.6. The lowest BCUT2D eigenvalue weighted by Gasteiger charge is -2.49. The van der Waals surface area contributed by atoms with Gasteiger partial charge in [0.05, 0.1) is 30.1 Å². The fraction of sp³-hybridized carbons (Fsp3) is 0.345. The number of hydrogen-bond acceptors (Lipinski definition) is 5. The van der Waals surface area contributed by atoms with Crippen molar-refractivity contribution < 1.29 is 23.1 Å². The molecule has 1 saturated heterocycles. The molecule has 4 atom stereocenters. The molecule has 0 bridgehead atoms. The van der Waals surface area contributed by atoms with E-state index < -0.39 is 28.1 Å². The van der Waals surface area contributed by atoms with Crippen LogP contribution in [0.25, 0.3) is 11.1 Å². The highest BCUT2D eigenvalue weighted by atomic mass is 32.2. The zero-order chi connectivity index (χ0) is 26.3. The van der Waals surface area contributed by atoms with Crippen molar-refractivity contribution in [2.24, 2.45) is 5.92 Å². The number of carbonyl (C=O) groups excluding carboxylic acids is 1. The van der Waals surface area contributed by atoms with Gasteiger partial charge in [-0.1, -0.05) is 42.5 Å². The number of sulfonamides is 1. The SMILES string of the molecule is COc1ccc(-c2ccc3c(c2)[C@@H]2C[C@H](N(C)S(=O)(=O)c4ccccc4)[C@H]([C@H](C)O)C(=O)N2CC3)cc1. The molecule has 0 aliphatic carbocycles. The molecule has 2 heterocycles. The maximum absolute atomic E-state index is 13.7. The van der Waals surface area contributed by atoms with E-state index in [1.54, 1.807) is 44.4 Å². The Kier molecular flexibility index (Phi) is 6.83. The summed E-state index contributed by atoms with van der Waals surface area (Å²) in [5.74, 6) is -0.265. The quantitative estimate of drug-likeness (QED) is 0.533. The predicted molar refractivity (Wildman–Crippen MR) is 142 cm³/mol. The molecule has 37 heavy (non-hydrogen) atoms. The fourth-order valence-electron chi connectivity index (χ4n) is 5.75. The molecule has 1 N–H and O–H groups in total. The van der Waals surface area contributed by atoms with Gasteiger partial charge in [-0.05, 0) is 72.4 Å². The molecule has 8 heteroatoms. The molecule has 0 aromatic heterocycles. The number of benzene rings is 3. The van der Waals surface area contributed by atoms with Gasteiger partial charge in [0.15, 0.2) is 0 Å². The summed E-state index contributed by atoms with van der Waals surface area (Å²) in [6.07, 6.45) is 0.137. The zero-order valence-electron chi connectivity index (χ0n) is 21.2. The normalized spacial score (nSPS) is 22.4. The van der Waals surface area contributed by atoms with Crippen LogP contribution in [0.2, 0.25) is 0 Å². The van der Waals surface area contributed by atoms with Crippen molar-refractivity contribution in [2.45, 2.75) is 42.8 Å². The van der Waals surface area contributed by atoms with Gasteiger partial charge in [-0.15, -0.1) is 0 Å². The van der Waals surface area contributed by atoms with E-state index in [2.05, 4.69) is 18.2 Å². The van der Waals surface area contributed by atoms with Crippen molar-refractivity contribution in [3.8, 4) is 16.9 Å². The highest BCUT2D eigenvalue weighted by Crippen LogP contribution is 2.43. The number of nitrogens with zero attached hydrogens (tertiary/aromatic N) is 2. The number of hydrogen-bond donors (Lipinski definition) is 1. The van der Waals surface area contributed by atoms with Crippen LogP contribution in [0.1, 0.15) is 30.5 Å². The molecule has 1 fully saturated rings. The molecule has 7 nitrogen and oxygen atoms in total. The van der Waals surface area contributed by atoms with Crippen molar-refractivity contribution in [3.05, 3.63) is 83.9 Å². The molecule has 2 aliphatic heterocycles. The van der Waals surface area contributed by atoms with Gasteiger partial charge < -0.3 is 14.7 Å². The number of amides is 1. The van der Waals surface area contributed by atoms with Gasteiger partial charge in [0.25, 0.3) is 0 Å². The Bertz CT molecular complexity index is 1390. The number of aliphatic hydroxyl groups excluding tert-OH is 1. The molecule has 0 spiro atoms. The van der Waals surface area contributed by atoms with Crippen molar-refractivity contribution >= 4 is 15.9 Å². The van der Waals surface area contributed by atoms with Crippen LogP contribution in [-0.4, -0.2) is 61.5 Å².